The maximum atomic E-state index is 11.3. The normalized spacial score (nSPS) is 10.5. The van der Waals surface area contributed by atoms with Crippen molar-refractivity contribution in [2.75, 3.05) is 39.6 Å². The first-order valence-electron chi connectivity index (χ1n) is 6.60. The lowest BCUT2D eigenvalue weighted by molar-refractivity contribution is -0.145. The summed E-state index contributed by atoms with van der Waals surface area (Å²) < 4.78 is 9.27. The summed E-state index contributed by atoms with van der Waals surface area (Å²) >= 11 is 1.68. The number of thioether (sulfide) groups is 1. The van der Waals surface area contributed by atoms with E-state index < -0.39 is 0 Å². The van der Waals surface area contributed by atoms with Gasteiger partial charge in [0.25, 0.3) is 0 Å². The van der Waals surface area contributed by atoms with E-state index in [9.17, 15) is 9.59 Å². The summed E-state index contributed by atoms with van der Waals surface area (Å²) in [6.45, 7) is 2.81. The van der Waals surface area contributed by atoms with Crippen molar-refractivity contribution in [1.82, 2.24) is 4.90 Å². The molecule has 0 aliphatic rings. The average molecular weight is 311 g/mol. The Morgan fingerprint density at radius 3 is 2.05 bits per heavy atom. The summed E-state index contributed by atoms with van der Waals surface area (Å²) in [5.41, 5.74) is 1.22. The SMILES string of the molecule is COC(=O)CN(CCSc1ccc(C)cc1)CC(=O)OC. The van der Waals surface area contributed by atoms with Gasteiger partial charge in [-0.15, -0.1) is 11.8 Å². The quantitative estimate of drug-likeness (QED) is 0.538. The third-order valence-corrected chi connectivity index (χ3v) is 3.85. The van der Waals surface area contributed by atoms with Crippen LogP contribution in [0.25, 0.3) is 0 Å². The van der Waals surface area contributed by atoms with Crippen molar-refractivity contribution < 1.29 is 19.1 Å². The van der Waals surface area contributed by atoms with Crippen molar-refractivity contribution in [3.63, 3.8) is 0 Å². The Balaban J connectivity index is 2.45. The van der Waals surface area contributed by atoms with E-state index in [-0.39, 0.29) is 25.0 Å². The van der Waals surface area contributed by atoms with Gasteiger partial charge in [-0.1, -0.05) is 17.7 Å². The van der Waals surface area contributed by atoms with Crippen LogP contribution in [0, 0.1) is 6.92 Å². The van der Waals surface area contributed by atoms with Crippen LogP contribution in [0.15, 0.2) is 29.2 Å². The van der Waals surface area contributed by atoms with Crippen molar-refractivity contribution in [2.45, 2.75) is 11.8 Å². The minimum atomic E-state index is -0.362. The van der Waals surface area contributed by atoms with Gasteiger partial charge >= 0.3 is 11.9 Å². The van der Waals surface area contributed by atoms with E-state index >= 15 is 0 Å². The first-order valence-corrected chi connectivity index (χ1v) is 7.59. The number of carbonyl (C=O) groups is 2. The van der Waals surface area contributed by atoms with Crippen LogP contribution in [0.4, 0.5) is 0 Å². The molecule has 0 atom stereocenters. The fourth-order valence-corrected chi connectivity index (χ4v) is 2.55. The van der Waals surface area contributed by atoms with E-state index in [0.717, 1.165) is 10.6 Å². The van der Waals surface area contributed by atoms with E-state index in [4.69, 9.17) is 0 Å². The summed E-state index contributed by atoms with van der Waals surface area (Å²) in [5.74, 6) is 0.0512. The molecule has 0 radical (unpaired) electrons. The summed E-state index contributed by atoms with van der Waals surface area (Å²) in [4.78, 5) is 25.6. The number of benzene rings is 1. The molecule has 0 spiro atoms. The molecular weight excluding hydrogens is 290 g/mol. The molecule has 0 unspecified atom stereocenters. The molecule has 0 bridgehead atoms. The number of nitrogens with zero attached hydrogens (tertiary/aromatic N) is 1. The third-order valence-electron chi connectivity index (χ3n) is 2.86. The van der Waals surface area contributed by atoms with Gasteiger partial charge in [-0.05, 0) is 19.1 Å². The third kappa shape index (κ3) is 7.15. The number of aryl methyl sites for hydroxylation is 1. The molecule has 0 aliphatic heterocycles. The van der Waals surface area contributed by atoms with E-state index in [0.29, 0.717) is 6.54 Å². The Labute approximate surface area is 129 Å². The summed E-state index contributed by atoms with van der Waals surface area (Å²) in [7, 11) is 2.67. The standard InChI is InChI=1S/C15H21NO4S/c1-12-4-6-13(7-5-12)21-9-8-16(10-14(17)19-2)11-15(18)20-3/h4-7H,8-11H2,1-3H3. The predicted octanol–water partition coefficient (Wildman–Crippen LogP) is 1.74. The number of methoxy groups -OCH3 is 2. The Morgan fingerprint density at radius 2 is 1.57 bits per heavy atom. The molecule has 0 fully saturated rings. The molecule has 0 aromatic heterocycles. The Morgan fingerprint density at radius 1 is 1.05 bits per heavy atom. The van der Waals surface area contributed by atoms with Crippen LogP contribution in [0.3, 0.4) is 0 Å². The zero-order chi connectivity index (χ0) is 15.7. The van der Waals surface area contributed by atoms with Crippen molar-refractivity contribution in [2.24, 2.45) is 0 Å². The molecular formula is C15H21NO4S. The van der Waals surface area contributed by atoms with Gasteiger partial charge in [-0.2, -0.15) is 0 Å². The second kappa shape index (κ2) is 9.41. The highest BCUT2D eigenvalue weighted by Gasteiger charge is 2.15. The molecule has 21 heavy (non-hydrogen) atoms. The number of rotatable bonds is 8. The van der Waals surface area contributed by atoms with E-state index in [1.54, 1.807) is 16.7 Å². The van der Waals surface area contributed by atoms with Crippen LogP contribution in [0.1, 0.15) is 5.56 Å². The molecule has 0 saturated heterocycles. The van der Waals surface area contributed by atoms with Gasteiger partial charge in [0.1, 0.15) is 0 Å². The second-order valence-corrected chi connectivity index (χ2v) is 5.69. The summed E-state index contributed by atoms with van der Waals surface area (Å²) in [6.07, 6.45) is 0. The molecule has 1 aromatic rings. The van der Waals surface area contributed by atoms with Crippen molar-refractivity contribution >= 4 is 23.7 Å². The van der Waals surface area contributed by atoms with Gasteiger partial charge < -0.3 is 9.47 Å². The molecule has 0 saturated carbocycles. The predicted molar refractivity (Wildman–Crippen MR) is 82.4 cm³/mol. The van der Waals surface area contributed by atoms with Crippen molar-refractivity contribution in [1.29, 1.82) is 0 Å². The highest BCUT2D eigenvalue weighted by atomic mass is 32.2. The van der Waals surface area contributed by atoms with Crippen LogP contribution in [-0.4, -0.2) is 56.4 Å². The minimum absolute atomic E-state index is 0.0834. The first-order chi connectivity index (χ1) is 10.0. The van der Waals surface area contributed by atoms with Crippen molar-refractivity contribution in [3.8, 4) is 0 Å². The Kier molecular flexibility index (Phi) is 7.85. The number of esters is 2. The second-order valence-electron chi connectivity index (χ2n) is 4.52. The van der Waals surface area contributed by atoms with Gasteiger partial charge in [-0.25, -0.2) is 0 Å². The first kappa shape index (κ1) is 17.5. The minimum Gasteiger partial charge on any atom is -0.468 e. The van der Waals surface area contributed by atoms with Crippen LogP contribution in [0.5, 0.6) is 0 Å². The average Bonchev–Trinajstić information content (AvgIpc) is 2.48. The van der Waals surface area contributed by atoms with Crippen LogP contribution in [-0.2, 0) is 19.1 Å². The van der Waals surface area contributed by atoms with Crippen LogP contribution in [0.2, 0.25) is 0 Å². The number of hydrogen-bond acceptors (Lipinski definition) is 6. The number of hydrogen-bond donors (Lipinski definition) is 0. The maximum absolute atomic E-state index is 11.3. The largest absolute Gasteiger partial charge is 0.468 e. The Bertz CT molecular complexity index is 443. The zero-order valence-electron chi connectivity index (χ0n) is 12.6. The monoisotopic (exact) mass is 311 g/mol. The lowest BCUT2D eigenvalue weighted by Gasteiger charge is -2.19. The highest BCUT2D eigenvalue weighted by molar-refractivity contribution is 7.99. The summed E-state index contributed by atoms with van der Waals surface area (Å²) in [5, 5.41) is 0. The molecule has 116 valence electrons. The molecule has 5 nitrogen and oxygen atoms in total. The smallest absolute Gasteiger partial charge is 0.319 e. The molecule has 0 N–H and O–H groups in total. The summed E-state index contributed by atoms with van der Waals surface area (Å²) in [6, 6.07) is 8.24. The highest BCUT2D eigenvalue weighted by Crippen LogP contribution is 2.18. The topological polar surface area (TPSA) is 55.8 Å². The van der Waals surface area contributed by atoms with E-state index in [2.05, 4.69) is 33.7 Å². The van der Waals surface area contributed by atoms with Gasteiger partial charge in [0.05, 0.1) is 27.3 Å². The molecule has 0 heterocycles. The van der Waals surface area contributed by atoms with Crippen molar-refractivity contribution in [3.05, 3.63) is 29.8 Å². The maximum Gasteiger partial charge on any atom is 0.319 e. The fourth-order valence-electron chi connectivity index (χ4n) is 1.64. The lowest BCUT2D eigenvalue weighted by atomic mass is 10.2. The number of carbonyl (C=O) groups excluding carboxylic acids is 2. The van der Waals surface area contributed by atoms with Gasteiger partial charge in [0.15, 0.2) is 0 Å². The molecule has 1 rings (SSSR count). The molecule has 1 aromatic carbocycles. The van der Waals surface area contributed by atoms with Gasteiger partial charge in [0.2, 0.25) is 0 Å². The zero-order valence-corrected chi connectivity index (χ0v) is 13.4. The molecule has 6 heteroatoms. The lowest BCUT2D eigenvalue weighted by Crippen LogP contribution is -2.37. The van der Waals surface area contributed by atoms with E-state index in [1.807, 2.05) is 6.92 Å². The van der Waals surface area contributed by atoms with Gasteiger partial charge in [-0.3, -0.25) is 14.5 Å². The van der Waals surface area contributed by atoms with E-state index in [1.165, 1.54) is 19.8 Å². The van der Waals surface area contributed by atoms with Crippen LogP contribution >= 0.6 is 11.8 Å². The number of ether oxygens (including phenoxy) is 2. The van der Waals surface area contributed by atoms with Crippen LogP contribution < -0.4 is 0 Å². The molecule has 0 aliphatic carbocycles. The fraction of sp³-hybridized carbons (Fsp3) is 0.467. The van der Waals surface area contributed by atoms with Gasteiger partial charge in [0, 0.05) is 17.2 Å². The Hall–Kier alpha value is -1.53. The molecule has 0 amide bonds.